The van der Waals surface area contributed by atoms with Crippen LogP contribution in [0.4, 0.5) is 0 Å². The fourth-order valence-corrected chi connectivity index (χ4v) is 6.02. The lowest BCUT2D eigenvalue weighted by Gasteiger charge is -2.22. The van der Waals surface area contributed by atoms with E-state index in [1.165, 1.54) is 39.2 Å². The third kappa shape index (κ3) is 8.50. The van der Waals surface area contributed by atoms with Crippen molar-refractivity contribution in [1.82, 2.24) is 5.32 Å². The van der Waals surface area contributed by atoms with Gasteiger partial charge in [0.05, 0.1) is 19.3 Å². The minimum absolute atomic E-state index is 0.271. The van der Waals surface area contributed by atoms with Crippen LogP contribution in [0.15, 0.2) is 102 Å². The second-order valence-electron chi connectivity index (χ2n) is 11.1. The number of carbonyl (C=O) groups excluding carboxylic acids is 2. The van der Waals surface area contributed by atoms with Crippen molar-refractivity contribution in [3.63, 3.8) is 0 Å². The van der Waals surface area contributed by atoms with E-state index in [2.05, 4.69) is 21.2 Å². The smallest absolute Gasteiger partial charge is 0.328 e. The highest BCUT2D eigenvalue weighted by atomic mass is 79.9. The number of para-hydroxylation sites is 2. The van der Waals surface area contributed by atoms with Crippen LogP contribution < -0.4 is 14.8 Å². The van der Waals surface area contributed by atoms with Crippen LogP contribution in [0.1, 0.15) is 54.4 Å². The summed E-state index contributed by atoms with van der Waals surface area (Å²) in [6.07, 6.45) is 7.61. The molecule has 1 amide bonds. The Morgan fingerprint density at radius 1 is 0.864 bits per heavy atom. The Bertz CT molecular complexity index is 1530. The van der Waals surface area contributed by atoms with Gasteiger partial charge in [0, 0.05) is 16.5 Å². The van der Waals surface area contributed by atoms with Gasteiger partial charge in [-0.3, -0.25) is 4.79 Å². The summed E-state index contributed by atoms with van der Waals surface area (Å²) < 4.78 is 18.1. The maximum absolute atomic E-state index is 13.5. The zero-order chi connectivity index (χ0) is 30.7. The minimum Gasteiger partial charge on any atom is -0.493 e. The number of carbonyl (C=O) groups is 2. The second kappa shape index (κ2) is 15.6. The zero-order valence-electron chi connectivity index (χ0n) is 25.0. The van der Waals surface area contributed by atoms with Crippen LogP contribution in [0.5, 0.6) is 17.2 Å². The molecule has 0 heterocycles. The number of nitrogens with one attached hydrogen (secondary N) is 1. The van der Waals surface area contributed by atoms with Gasteiger partial charge in [0.2, 0.25) is 0 Å². The van der Waals surface area contributed by atoms with Crippen molar-refractivity contribution in [2.45, 2.75) is 51.0 Å². The van der Waals surface area contributed by atoms with Crippen molar-refractivity contribution in [3.05, 3.63) is 113 Å². The number of rotatable bonds is 12. The quantitative estimate of drug-likeness (QED) is 0.154. The van der Waals surface area contributed by atoms with Gasteiger partial charge >= 0.3 is 5.97 Å². The van der Waals surface area contributed by atoms with Gasteiger partial charge in [0.25, 0.3) is 5.91 Å². The van der Waals surface area contributed by atoms with Gasteiger partial charge in [-0.15, -0.1) is 0 Å². The van der Waals surface area contributed by atoms with Crippen molar-refractivity contribution >= 4 is 27.8 Å². The summed E-state index contributed by atoms with van der Waals surface area (Å²) in [4.78, 5) is 26.3. The molecule has 4 aromatic rings. The Hall–Kier alpha value is -4.10. The Morgan fingerprint density at radius 3 is 2.34 bits per heavy atom. The molecule has 1 aliphatic rings. The van der Waals surface area contributed by atoms with Crippen molar-refractivity contribution < 1.29 is 23.8 Å². The number of halogens is 1. The first-order valence-electron chi connectivity index (χ1n) is 15.2. The molecule has 5 rings (SSSR count). The topological polar surface area (TPSA) is 73.9 Å². The van der Waals surface area contributed by atoms with E-state index >= 15 is 0 Å². The summed E-state index contributed by atoms with van der Waals surface area (Å²) >= 11 is 3.47. The lowest BCUT2D eigenvalue weighted by atomic mass is 9.87. The molecule has 0 radical (unpaired) electrons. The molecule has 6 nitrogen and oxygen atoms in total. The number of esters is 1. The van der Waals surface area contributed by atoms with Crippen LogP contribution in [0.3, 0.4) is 0 Å². The lowest BCUT2D eigenvalue weighted by molar-refractivity contribution is -0.142. The molecule has 1 N–H and O–H groups in total. The maximum Gasteiger partial charge on any atom is 0.328 e. The molecule has 1 atom stereocenters. The fourth-order valence-electron chi connectivity index (χ4n) is 5.65. The molecule has 1 aliphatic carbocycles. The molecular formula is C37H38BrNO5. The van der Waals surface area contributed by atoms with Crippen LogP contribution in [-0.4, -0.2) is 31.6 Å². The first-order valence-corrected chi connectivity index (χ1v) is 16.0. The van der Waals surface area contributed by atoms with E-state index in [0.29, 0.717) is 23.8 Å². The van der Waals surface area contributed by atoms with E-state index < -0.39 is 17.9 Å². The van der Waals surface area contributed by atoms with Crippen LogP contribution in [0.2, 0.25) is 0 Å². The third-order valence-electron chi connectivity index (χ3n) is 8.05. The van der Waals surface area contributed by atoms with Gasteiger partial charge in [-0.1, -0.05) is 109 Å². The molecule has 4 aromatic carbocycles. The number of hydrogen-bond donors (Lipinski definition) is 1. The van der Waals surface area contributed by atoms with Crippen molar-refractivity contribution in [2.24, 2.45) is 5.92 Å². The highest BCUT2D eigenvalue weighted by Gasteiger charge is 2.25. The highest BCUT2D eigenvalue weighted by molar-refractivity contribution is 9.10. The summed E-state index contributed by atoms with van der Waals surface area (Å²) in [5.41, 5.74) is 3.18. The molecule has 7 heteroatoms. The average molecular weight is 657 g/mol. The van der Waals surface area contributed by atoms with E-state index in [0.717, 1.165) is 39.1 Å². The second-order valence-corrected chi connectivity index (χ2v) is 12.1. The predicted molar refractivity (Wildman–Crippen MR) is 176 cm³/mol. The molecule has 0 saturated heterocycles. The number of amides is 1. The number of ether oxygens (including phenoxy) is 3. The molecule has 0 aromatic heterocycles. The van der Waals surface area contributed by atoms with E-state index in [9.17, 15) is 9.59 Å². The summed E-state index contributed by atoms with van der Waals surface area (Å²) in [5, 5.41) is 2.89. The van der Waals surface area contributed by atoms with Gasteiger partial charge in [0.15, 0.2) is 0 Å². The van der Waals surface area contributed by atoms with Crippen molar-refractivity contribution in [3.8, 4) is 28.4 Å². The fraction of sp³-hybridized carbons (Fsp3) is 0.297. The van der Waals surface area contributed by atoms with Crippen LogP contribution in [0.25, 0.3) is 11.1 Å². The first kappa shape index (κ1) is 31.3. The molecule has 1 saturated carbocycles. The standard InChI is InChI=1S/C37H38BrNO5/c1-42-37(41)33(39-36(40)32-25-29(38)20-21-34(32)43-23-22-26-10-4-2-5-11-26)24-27-16-18-28(19-17-27)31-14-8-9-15-35(31)44-30-12-6-3-7-13-30/h3,6-9,12-21,25-26,33H,2,4-5,10-11,22-24H2,1H3,(H,39,40)/t33-/m0/s1. The normalized spacial score (nSPS) is 14.0. The Morgan fingerprint density at radius 2 is 1.59 bits per heavy atom. The van der Waals surface area contributed by atoms with E-state index in [4.69, 9.17) is 14.2 Å². The first-order chi connectivity index (χ1) is 21.5. The molecule has 228 valence electrons. The number of methoxy groups -OCH3 is 1. The van der Waals surface area contributed by atoms with Crippen LogP contribution >= 0.6 is 15.9 Å². The van der Waals surface area contributed by atoms with Crippen LogP contribution in [-0.2, 0) is 16.0 Å². The zero-order valence-corrected chi connectivity index (χ0v) is 26.6. The van der Waals surface area contributed by atoms with Gasteiger partial charge in [-0.2, -0.15) is 0 Å². The van der Waals surface area contributed by atoms with Crippen LogP contribution in [0, 0.1) is 5.92 Å². The molecule has 1 fully saturated rings. The summed E-state index contributed by atoms with van der Waals surface area (Å²) in [7, 11) is 1.33. The predicted octanol–water partition coefficient (Wildman–Crippen LogP) is 8.77. The van der Waals surface area contributed by atoms with E-state index in [-0.39, 0.29) is 6.42 Å². The van der Waals surface area contributed by atoms with Gasteiger partial charge < -0.3 is 19.5 Å². The van der Waals surface area contributed by atoms with Crippen molar-refractivity contribution in [1.29, 1.82) is 0 Å². The lowest BCUT2D eigenvalue weighted by Crippen LogP contribution is -2.43. The molecule has 0 unspecified atom stereocenters. The largest absolute Gasteiger partial charge is 0.493 e. The maximum atomic E-state index is 13.5. The van der Waals surface area contributed by atoms with E-state index in [1.807, 2.05) is 84.9 Å². The summed E-state index contributed by atoms with van der Waals surface area (Å²) in [6.45, 7) is 0.554. The van der Waals surface area contributed by atoms with Gasteiger partial charge in [-0.25, -0.2) is 4.79 Å². The highest BCUT2D eigenvalue weighted by Crippen LogP contribution is 2.33. The summed E-state index contributed by atoms with van der Waals surface area (Å²) in [6, 6.07) is 29.9. The SMILES string of the molecule is COC(=O)[C@H](Cc1ccc(-c2ccccc2Oc2ccccc2)cc1)NC(=O)c1cc(Br)ccc1OCCC1CCCCC1. The number of hydrogen-bond acceptors (Lipinski definition) is 5. The Kier molecular flexibility index (Phi) is 11.1. The van der Waals surface area contributed by atoms with Crippen molar-refractivity contribution in [2.75, 3.05) is 13.7 Å². The molecular weight excluding hydrogens is 618 g/mol. The van der Waals surface area contributed by atoms with Gasteiger partial charge in [-0.05, 0) is 59.9 Å². The third-order valence-corrected chi connectivity index (χ3v) is 8.54. The minimum atomic E-state index is -0.874. The number of benzene rings is 4. The monoisotopic (exact) mass is 655 g/mol. The van der Waals surface area contributed by atoms with E-state index in [1.54, 1.807) is 12.1 Å². The average Bonchev–Trinajstić information content (AvgIpc) is 3.06. The Balaban J connectivity index is 1.27. The molecule has 44 heavy (non-hydrogen) atoms. The van der Waals surface area contributed by atoms with Gasteiger partial charge in [0.1, 0.15) is 23.3 Å². The molecule has 0 bridgehead atoms. The molecule has 0 aliphatic heterocycles. The summed E-state index contributed by atoms with van der Waals surface area (Å²) in [5.74, 6) is 1.78. The Labute approximate surface area is 267 Å². The molecule has 0 spiro atoms.